The van der Waals surface area contributed by atoms with Gasteiger partial charge in [-0.1, -0.05) is 0 Å². The van der Waals surface area contributed by atoms with Crippen molar-refractivity contribution in [2.24, 2.45) is 5.92 Å². The number of nitrogens with zero attached hydrogens (tertiary/aromatic N) is 1. The first-order chi connectivity index (χ1) is 8.86. The van der Waals surface area contributed by atoms with E-state index in [1.807, 2.05) is 0 Å². The van der Waals surface area contributed by atoms with Crippen molar-refractivity contribution in [1.29, 1.82) is 0 Å². The van der Waals surface area contributed by atoms with Crippen LogP contribution in [0.25, 0.3) is 0 Å². The Balaban J connectivity index is 2.05. The van der Waals surface area contributed by atoms with Crippen LogP contribution in [0, 0.1) is 5.92 Å². The molecule has 0 spiro atoms. The fourth-order valence-electron chi connectivity index (χ4n) is 1.61. The molecule has 0 atom stereocenters. The molecule has 0 saturated heterocycles. The topological polar surface area (TPSA) is 51.1 Å². The van der Waals surface area contributed by atoms with E-state index in [0.717, 1.165) is 23.5 Å². The van der Waals surface area contributed by atoms with Crippen LogP contribution in [0.3, 0.4) is 0 Å². The second-order valence-corrected chi connectivity index (χ2v) is 4.63. The second-order valence-electron chi connectivity index (χ2n) is 4.63. The van der Waals surface area contributed by atoms with E-state index in [1.165, 1.54) is 0 Å². The molecule has 2 rings (SSSR count). The van der Waals surface area contributed by atoms with Crippen LogP contribution >= 0.6 is 0 Å². The standard InChI is InChI=1S/C12H13F3N2O2/c13-12(14,15)9-3-4-11(19)17(6-9)7-10(18)16-5-8-1-2-8/h3-4,6,8H,1-2,5,7H2,(H,16,18). The molecule has 19 heavy (non-hydrogen) atoms. The molecule has 0 radical (unpaired) electrons. The number of hydrogen-bond donors (Lipinski definition) is 1. The van der Waals surface area contributed by atoms with Gasteiger partial charge in [0, 0.05) is 18.8 Å². The fraction of sp³-hybridized carbons (Fsp3) is 0.500. The molecule has 7 heteroatoms. The zero-order valence-corrected chi connectivity index (χ0v) is 10.0. The van der Waals surface area contributed by atoms with Gasteiger partial charge in [-0.05, 0) is 24.8 Å². The molecule has 1 amide bonds. The Bertz CT molecular complexity index is 533. The Kier molecular flexibility index (Phi) is 3.64. The van der Waals surface area contributed by atoms with E-state index in [-0.39, 0.29) is 0 Å². The number of carbonyl (C=O) groups is 1. The molecular weight excluding hydrogens is 261 g/mol. The van der Waals surface area contributed by atoms with E-state index in [1.54, 1.807) is 0 Å². The number of pyridine rings is 1. The van der Waals surface area contributed by atoms with Crippen LogP contribution in [-0.2, 0) is 17.5 Å². The molecule has 1 fully saturated rings. The van der Waals surface area contributed by atoms with Crippen LogP contribution in [0.2, 0.25) is 0 Å². The first-order valence-corrected chi connectivity index (χ1v) is 5.90. The van der Waals surface area contributed by atoms with Crippen molar-refractivity contribution in [3.8, 4) is 0 Å². The molecule has 1 N–H and O–H groups in total. The molecule has 0 bridgehead atoms. The molecule has 0 aliphatic heterocycles. The van der Waals surface area contributed by atoms with Crippen LogP contribution < -0.4 is 10.9 Å². The molecular formula is C12H13F3N2O2. The summed E-state index contributed by atoms with van der Waals surface area (Å²) in [5, 5.41) is 2.60. The number of hydrogen-bond acceptors (Lipinski definition) is 2. The van der Waals surface area contributed by atoms with E-state index in [4.69, 9.17) is 0 Å². The van der Waals surface area contributed by atoms with Crippen molar-refractivity contribution in [2.45, 2.75) is 25.6 Å². The van der Waals surface area contributed by atoms with Crippen molar-refractivity contribution >= 4 is 5.91 Å². The number of amides is 1. The Hall–Kier alpha value is -1.79. The van der Waals surface area contributed by atoms with Gasteiger partial charge in [0.1, 0.15) is 6.54 Å². The fourth-order valence-corrected chi connectivity index (χ4v) is 1.61. The van der Waals surface area contributed by atoms with E-state index in [2.05, 4.69) is 5.32 Å². The predicted octanol–water partition coefficient (Wildman–Crippen LogP) is 1.39. The number of halogens is 3. The van der Waals surface area contributed by atoms with Crippen molar-refractivity contribution < 1.29 is 18.0 Å². The third kappa shape index (κ3) is 3.84. The number of rotatable bonds is 4. The van der Waals surface area contributed by atoms with Crippen molar-refractivity contribution in [3.63, 3.8) is 0 Å². The lowest BCUT2D eigenvalue weighted by atomic mass is 10.2. The van der Waals surface area contributed by atoms with Gasteiger partial charge in [0.25, 0.3) is 5.56 Å². The van der Waals surface area contributed by atoms with Gasteiger partial charge in [0.2, 0.25) is 5.91 Å². The summed E-state index contributed by atoms with van der Waals surface area (Å²) in [4.78, 5) is 22.9. The van der Waals surface area contributed by atoms with Gasteiger partial charge >= 0.3 is 6.18 Å². The molecule has 1 aromatic rings. The van der Waals surface area contributed by atoms with Gasteiger partial charge < -0.3 is 9.88 Å². The lowest BCUT2D eigenvalue weighted by molar-refractivity contribution is -0.138. The summed E-state index contributed by atoms with van der Waals surface area (Å²) in [5.41, 5.74) is -1.57. The van der Waals surface area contributed by atoms with E-state index in [9.17, 15) is 22.8 Å². The normalized spacial score (nSPS) is 15.3. The van der Waals surface area contributed by atoms with Crippen molar-refractivity contribution in [1.82, 2.24) is 9.88 Å². The Morgan fingerprint density at radius 3 is 2.63 bits per heavy atom. The minimum atomic E-state index is -4.53. The largest absolute Gasteiger partial charge is 0.417 e. The van der Waals surface area contributed by atoms with Crippen LogP contribution in [0.1, 0.15) is 18.4 Å². The number of carbonyl (C=O) groups excluding carboxylic acids is 1. The average Bonchev–Trinajstić information content (AvgIpc) is 3.12. The van der Waals surface area contributed by atoms with Crippen molar-refractivity contribution in [3.05, 3.63) is 34.2 Å². The van der Waals surface area contributed by atoms with Gasteiger partial charge in [-0.2, -0.15) is 13.2 Å². The SMILES string of the molecule is O=C(Cn1cc(C(F)(F)F)ccc1=O)NCC1CC1. The highest BCUT2D eigenvalue weighted by Crippen LogP contribution is 2.28. The third-order valence-electron chi connectivity index (χ3n) is 2.91. The van der Waals surface area contributed by atoms with Crippen molar-refractivity contribution in [2.75, 3.05) is 6.54 Å². The summed E-state index contributed by atoms with van der Waals surface area (Å²) < 4.78 is 38.2. The first-order valence-electron chi connectivity index (χ1n) is 5.90. The summed E-state index contributed by atoms with van der Waals surface area (Å²) >= 11 is 0. The second kappa shape index (κ2) is 5.07. The minimum Gasteiger partial charge on any atom is -0.354 e. The number of aromatic nitrogens is 1. The maximum absolute atomic E-state index is 12.5. The molecule has 1 heterocycles. The van der Waals surface area contributed by atoms with Gasteiger partial charge in [0.15, 0.2) is 0 Å². The van der Waals surface area contributed by atoms with E-state index >= 15 is 0 Å². The van der Waals surface area contributed by atoms with E-state index < -0.39 is 29.8 Å². The quantitative estimate of drug-likeness (QED) is 0.902. The Labute approximate surface area is 107 Å². The Morgan fingerprint density at radius 2 is 2.05 bits per heavy atom. The summed E-state index contributed by atoms with van der Waals surface area (Å²) in [6, 6.07) is 1.53. The monoisotopic (exact) mass is 274 g/mol. The highest BCUT2D eigenvalue weighted by molar-refractivity contribution is 5.75. The molecule has 104 valence electrons. The van der Waals surface area contributed by atoms with Crippen LogP contribution in [-0.4, -0.2) is 17.0 Å². The smallest absolute Gasteiger partial charge is 0.354 e. The molecule has 4 nitrogen and oxygen atoms in total. The van der Waals surface area contributed by atoms with Gasteiger partial charge in [-0.15, -0.1) is 0 Å². The molecule has 0 aromatic carbocycles. The molecule has 1 aliphatic carbocycles. The highest BCUT2D eigenvalue weighted by atomic mass is 19.4. The van der Waals surface area contributed by atoms with Gasteiger partial charge in [-0.25, -0.2) is 0 Å². The zero-order valence-electron chi connectivity index (χ0n) is 10.0. The number of alkyl halides is 3. The van der Waals surface area contributed by atoms with Gasteiger partial charge in [0.05, 0.1) is 5.56 Å². The molecule has 1 saturated carbocycles. The van der Waals surface area contributed by atoms with Crippen LogP contribution in [0.15, 0.2) is 23.1 Å². The maximum Gasteiger partial charge on any atom is 0.417 e. The number of nitrogens with one attached hydrogen (secondary N) is 1. The molecule has 1 aromatic heterocycles. The maximum atomic E-state index is 12.5. The zero-order chi connectivity index (χ0) is 14.0. The summed E-state index contributed by atoms with van der Waals surface area (Å²) in [5.74, 6) is 0.0236. The summed E-state index contributed by atoms with van der Waals surface area (Å²) in [6.45, 7) is 0.127. The summed E-state index contributed by atoms with van der Waals surface area (Å²) in [7, 11) is 0. The van der Waals surface area contributed by atoms with E-state index in [0.29, 0.717) is 24.7 Å². The van der Waals surface area contributed by atoms with Gasteiger partial charge in [-0.3, -0.25) is 9.59 Å². The average molecular weight is 274 g/mol. The summed E-state index contributed by atoms with van der Waals surface area (Å²) in [6.07, 6.45) is -1.74. The molecule has 1 aliphatic rings. The minimum absolute atomic E-state index is 0.393. The lowest BCUT2D eigenvalue weighted by Crippen LogP contribution is -2.33. The molecule has 0 unspecified atom stereocenters. The lowest BCUT2D eigenvalue weighted by Gasteiger charge is -2.10. The predicted molar refractivity (Wildman–Crippen MR) is 61.4 cm³/mol. The third-order valence-corrected chi connectivity index (χ3v) is 2.91. The highest BCUT2D eigenvalue weighted by Gasteiger charge is 2.31. The Morgan fingerprint density at radius 1 is 1.37 bits per heavy atom. The first kappa shape index (κ1) is 13.6. The van der Waals surface area contributed by atoms with Crippen LogP contribution in [0.4, 0.5) is 13.2 Å². The van der Waals surface area contributed by atoms with Crippen LogP contribution in [0.5, 0.6) is 0 Å².